The summed E-state index contributed by atoms with van der Waals surface area (Å²) in [4.78, 5) is 19.2. The molecule has 6 nitrogen and oxygen atoms in total. The van der Waals surface area contributed by atoms with Crippen molar-refractivity contribution in [1.82, 2.24) is 15.0 Å². The van der Waals surface area contributed by atoms with Crippen LogP contribution in [0.1, 0.15) is 67.0 Å². The van der Waals surface area contributed by atoms with Crippen LogP contribution in [0, 0.1) is 19.3 Å². The van der Waals surface area contributed by atoms with Gasteiger partial charge < -0.3 is 19.5 Å². The zero-order valence-electron chi connectivity index (χ0n) is 24.6. The van der Waals surface area contributed by atoms with Gasteiger partial charge in [-0.05, 0) is 67.9 Å². The van der Waals surface area contributed by atoms with E-state index in [-0.39, 0.29) is 11.5 Å². The summed E-state index contributed by atoms with van der Waals surface area (Å²) in [6, 6.07) is 13.5. The molecule has 1 aliphatic carbocycles. The molecule has 0 spiro atoms. The van der Waals surface area contributed by atoms with Crippen LogP contribution < -0.4 is 9.80 Å². The zero-order valence-corrected chi connectivity index (χ0v) is 24.6. The number of aromatic amines is 1. The molecular weight excluding hydrogens is 494 g/mol. The quantitative estimate of drug-likeness (QED) is 0.300. The van der Waals surface area contributed by atoms with Crippen molar-refractivity contribution in [2.45, 2.75) is 71.9 Å². The smallest absolute Gasteiger partial charge is 0.162 e. The van der Waals surface area contributed by atoms with E-state index in [1.165, 1.54) is 51.9 Å². The fourth-order valence-corrected chi connectivity index (χ4v) is 7.12. The Morgan fingerprint density at radius 3 is 2.60 bits per heavy atom. The minimum Gasteiger partial charge on any atom is -0.381 e. The van der Waals surface area contributed by atoms with Crippen molar-refractivity contribution in [2.75, 3.05) is 36.5 Å². The van der Waals surface area contributed by atoms with Gasteiger partial charge in [0.2, 0.25) is 0 Å². The number of hydrogen-bond acceptors (Lipinski definition) is 5. The van der Waals surface area contributed by atoms with Crippen LogP contribution in [0.25, 0.3) is 22.3 Å². The Morgan fingerprint density at radius 1 is 0.975 bits per heavy atom. The normalized spacial score (nSPS) is 20.7. The largest absolute Gasteiger partial charge is 0.381 e. The first kappa shape index (κ1) is 25.6. The van der Waals surface area contributed by atoms with Crippen molar-refractivity contribution in [3.63, 3.8) is 0 Å². The number of hydrogen-bond donors (Lipinski definition) is 1. The molecule has 40 heavy (non-hydrogen) atoms. The fourth-order valence-electron chi connectivity index (χ4n) is 7.12. The second-order valence-corrected chi connectivity index (χ2v) is 12.9. The molecule has 4 aromatic rings. The van der Waals surface area contributed by atoms with Crippen molar-refractivity contribution in [3.8, 4) is 11.4 Å². The maximum atomic E-state index is 5.90. The van der Waals surface area contributed by atoms with Crippen LogP contribution in [0.3, 0.4) is 0 Å². The molecule has 0 amide bonds. The third kappa shape index (κ3) is 4.37. The Labute approximate surface area is 237 Å². The predicted molar refractivity (Wildman–Crippen MR) is 163 cm³/mol. The number of aromatic nitrogens is 3. The number of piperidine rings is 1. The molecule has 3 aliphatic rings. The molecule has 6 heteroatoms. The van der Waals surface area contributed by atoms with E-state index in [1.54, 1.807) is 0 Å². The summed E-state index contributed by atoms with van der Waals surface area (Å²) in [5, 5.41) is 1.22. The Kier molecular flexibility index (Phi) is 6.15. The van der Waals surface area contributed by atoms with Crippen LogP contribution in [-0.2, 0) is 17.7 Å². The number of ether oxygens (including phenoxy) is 1. The molecule has 1 atom stereocenters. The van der Waals surface area contributed by atoms with E-state index in [4.69, 9.17) is 14.7 Å². The highest BCUT2D eigenvalue weighted by Crippen LogP contribution is 2.43. The number of rotatable bonds is 5. The second kappa shape index (κ2) is 9.62. The minimum atomic E-state index is 0.0335. The number of methoxy groups -OCH3 is 1. The van der Waals surface area contributed by atoms with E-state index in [0.717, 1.165) is 67.7 Å². The standard InChI is InChI=1S/C34H41N5O/c1-21-9-10-24(23-11-12-23)17-29(21)38-15-13-27-26(19-38)33(39-16-14-30(40-5)34(3,4)20-39)37-32(36-27)25-7-6-8-28-31(25)22(2)18-35-28/h6-10,17-18,23,30,35H,11-16,19-20H2,1-5H3/t30-/m0/s1. The number of aryl methyl sites for hydroxylation is 2. The lowest BCUT2D eigenvalue weighted by Crippen LogP contribution is -2.50. The highest BCUT2D eigenvalue weighted by Gasteiger charge is 2.38. The van der Waals surface area contributed by atoms with Crippen LogP contribution >= 0.6 is 0 Å². The molecular formula is C34H41N5O. The monoisotopic (exact) mass is 535 g/mol. The van der Waals surface area contributed by atoms with Crippen molar-refractivity contribution in [2.24, 2.45) is 5.41 Å². The molecule has 1 saturated heterocycles. The fraction of sp³-hybridized carbons (Fsp3) is 0.471. The number of nitrogens with zero attached hydrogens (tertiary/aromatic N) is 4. The SMILES string of the molecule is CO[C@H]1CCN(c2nc(-c3cccc4[nH]cc(C)c34)nc3c2CN(c2cc(C4CC4)ccc2C)CC3)CC1(C)C. The third-order valence-electron chi connectivity index (χ3n) is 9.52. The molecule has 1 N–H and O–H groups in total. The van der Waals surface area contributed by atoms with Crippen LogP contribution in [-0.4, -0.2) is 47.8 Å². The predicted octanol–water partition coefficient (Wildman–Crippen LogP) is 6.93. The highest BCUT2D eigenvalue weighted by atomic mass is 16.5. The Bertz CT molecular complexity index is 1580. The molecule has 7 rings (SSSR count). The van der Waals surface area contributed by atoms with Crippen molar-refractivity contribution < 1.29 is 4.74 Å². The summed E-state index contributed by atoms with van der Waals surface area (Å²) in [6.45, 7) is 12.7. The maximum Gasteiger partial charge on any atom is 0.162 e. The molecule has 4 heterocycles. The minimum absolute atomic E-state index is 0.0335. The molecule has 0 bridgehead atoms. The van der Waals surface area contributed by atoms with E-state index in [9.17, 15) is 0 Å². The Balaban J connectivity index is 1.33. The van der Waals surface area contributed by atoms with Crippen molar-refractivity contribution in [1.29, 1.82) is 0 Å². The lowest BCUT2D eigenvalue weighted by molar-refractivity contribution is -0.00647. The number of anilines is 2. The molecule has 2 aromatic carbocycles. The van der Waals surface area contributed by atoms with Gasteiger partial charge in [-0.3, -0.25) is 0 Å². The topological polar surface area (TPSA) is 57.3 Å². The van der Waals surface area contributed by atoms with Gasteiger partial charge in [0.05, 0.1) is 11.8 Å². The van der Waals surface area contributed by atoms with Crippen LogP contribution in [0.5, 0.6) is 0 Å². The lowest BCUT2D eigenvalue weighted by Gasteiger charge is -2.45. The van der Waals surface area contributed by atoms with E-state index >= 15 is 0 Å². The van der Waals surface area contributed by atoms with Crippen LogP contribution in [0.4, 0.5) is 11.5 Å². The van der Waals surface area contributed by atoms with Gasteiger partial charge in [-0.15, -0.1) is 0 Å². The molecule has 0 radical (unpaired) electrons. The lowest BCUT2D eigenvalue weighted by atomic mass is 9.81. The van der Waals surface area contributed by atoms with Gasteiger partial charge in [-0.25, -0.2) is 9.97 Å². The van der Waals surface area contributed by atoms with Gasteiger partial charge in [-0.2, -0.15) is 0 Å². The zero-order chi connectivity index (χ0) is 27.6. The molecule has 2 aromatic heterocycles. The third-order valence-corrected chi connectivity index (χ3v) is 9.52. The summed E-state index contributed by atoms with van der Waals surface area (Å²) in [7, 11) is 1.85. The maximum absolute atomic E-state index is 5.90. The van der Waals surface area contributed by atoms with Gasteiger partial charge >= 0.3 is 0 Å². The first-order chi connectivity index (χ1) is 19.3. The summed E-state index contributed by atoms with van der Waals surface area (Å²) < 4.78 is 5.90. The first-order valence-electron chi connectivity index (χ1n) is 14.9. The van der Waals surface area contributed by atoms with Gasteiger partial charge in [0, 0.05) is 79.0 Å². The summed E-state index contributed by atoms with van der Waals surface area (Å²) in [5.41, 5.74) is 10.2. The molecule has 2 fully saturated rings. The number of fused-ring (bicyclic) bond motifs is 2. The van der Waals surface area contributed by atoms with Crippen molar-refractivity contribution in [3.05, 3.63) is 70.5 Å². The van der Waals surface area contributed by atoms with Crippen LogP contribution in [0.15, 0.2) is 42.6 Å². The molecule has 2 aliphatic heterocycles. The van der Waals surface area contributed by atoms with Gasteiger partial charge in [0.1, 0.15) is 5.82 Å². The average Bonchev–Trinajstić information content (AvgIpc) is 3.74. The van der Waals surface area contributed by atoms with Gasteiger partial charge in [0.15, 0.2) is 5.82 Å². The average molecular weight is 536 g/mol. The van der Waals surface area contributed by atoms with Crippen molar-refractivity contribution >= 4 is 22.4 Å². The van der Waals surface area contributed by atoms with Crippen LogP contribution in [0.2, 0.25) is 0 Å². The van der Waals surface area contributed by atoms with Gasteiger partial charge in [-0.1, -0.05) is 38.1 Å². The summed E-state index contributed by atoms with van der Waals surface area (Å²) >= 11 is 0. The van der Waals surface area contributed by atoms with E-state index in [1.807, 2.05) is 7.11 Å². The number of H-pyrrole nitrogens is 1. The first-order valence-corrected chi connectivity index (χ1v) is 14.9. The summed E-state index contributed by atoms with van der Waals surface area (Å²) in [5.74, 6) is 2.70. The van der Waals surface area contributed by atoms with E-state index in [0.29, 0.717) is 0 Å². The summed E-state index contributed by atoms with van der Waals surface area (Å²) in [6.07, 6.45) is 6.91. The second-order valence-electron chi connectivity index (χ2n) is 12.9. The number of benzene rings is 2. The highest BCUT2D eigenvalue weighted by molar-refractivity contribution is 5.96. The number of nitrogens with one attached hydrogen (secondary N) is 1. The molecule has 0 unspecified atom stereocenters. The molecule has 1 saturated carbocycles. The van der Waals surface area contributed by atoms with E-state index in [2.05, 4.69) is 85.1 Å². The Hall–Kier alpha value is -3.38. The van der Waals surface area contributed by atoms with Gasteiger partial charge in [0.25, 0.3) is 0 Å². The van der Waals surface area contributed by atoms with E-state index < -0.39 is 0 Å². The Morgan fingerprint density at radius 2 is 1.82 bits per heavy atom. The molecule has 208 valence electrons.